The van der Waals surface area contributed by atoms with Gasteiger partial charge in [0.2, 0.25) is 0 Å². The van der Waals surface area contributed by atoms with Crippen molar-refractivity contribution in [1.82, 2.24) is 9.80 Å². The molecule has 0 aliphatic carbocycles. The highest BCUT2D eigenvalue weighted by Crippen LogP contribution is 2.42. The molecule has 0 radical (unpaired) electrons. The lowest BCUT2D eigenvalue weighted by Gasteiger charge is -2.31. The van der Waals surface area contributed by atoms with Crippen LogP contribution in [0.3, 0.4) is 0 Å². The lowest BCUT2D eigenvalue weighted by atomic mass is 9.94. The normalized spacial score (nSPS) is 21.5. The maximum absolute atomic E-state index is 13.1. The van der Waals surface area contributed by atoms with Crippen molar-refractivity contribution >= 4 is 17.4 Å². The van der Waals surface area contributed by atoms with Crippen molar-refractivity contribution in [2.75, 3.05) is 46.5 Å². The number of carbonyl (C=O) groups is 2. The molecule has 2 aliphatic heterocycles. The fraction of sp³-hybridized carbons (Fsp3) is 0.333. The number of benzene rings is 2. The number of hydrogen-bond acceptors (Lipinski definition) is 6. The number of likely N-dealkylation sites (tertiary alicyclic amines) is 1. The topological polar surface area (TPSA) is 79.3 Å². The van der Waals surface area contributed by atoms with Crippen molar-refractivity contribution in [3.63, 3.8) is 0 Å². The summed E-state index contributed by atoms with van der Waals surface area (Å²) >= 11 is 0. The Labute approximate surface area is 181 Å². The first-order valence-corrected chi connectivity index (χ1v) is 10.4. The van der Waals surface area contributed by atoms with Crippen LogP contribution in [0.25, 0.3) is 5.76 Å². The monoisotopic (exact) mass is 422 g/mol. The molecule has 0 spiro atoms. The largest absolute Gasteiger partial charge is 0.507 e. The average molecular weight is 422 g/mol. The molecule has 2 heterocycles. The van der Waals surface area contributed by atoms with E-state index in [1.54, 1.807) is 42.3 Å². The summed E-state index contributed by atoms with van der Waals surface area (Å²) in [5.41, 5.74) is 1.25. The summed E-state index contributed by atoms with van der Waals surface area (Å²) in [7, 11) is 1.55. The zero-order valence-electron chi connectivity index (χ0n) is 17.5. The molecule has 0 saturated carbocycles. The zero-order valence-corrected chi connectivity index (χ0v) is 17.5. The van der Waals surface area contributed by atoms with Crippen LogP contribution in [0.15, 0.2) is 60.2 Å². The molecule has 1 atom stereocenters. The summed E-state index contributed by atoms with van der Waals surface area (Å²) in [5, 5.41) is 11.1. The number of Topliss-reactive ketones (excluding diaryl/α,β-unsaturated/α-hetero) is 1. The number of ether oxygens (including phenoxy) is 2. The molecular formula is C24H26N2O5. The number of morpholine rings is 1. The summed E-state index contributed by atoms with van der Waals surface area (Å²) in [4.78, 5) is 29.9. The Bertz CT molecular complexity index is 982. The van der Waals surface area contributed by atoms with E-state index in [1.165, 1.54) is 0 Å². The van der Waals surface area contributed by atoms with Gasteiger partial charge in [0.1, 0.15) is 11.5 Å². The lowest BCUT2D eigenvalue weighted by Crippen LogP contribution is -2.42. The van der Waals surface area contributed by atoms with Gasteiger partial charge in [0, 0.05) is 37.3 Å². The fourth-order valence-electron chi connectivity index (χ4n) is 4.15. The number of carbonyl (C=O) groups excluding carboxylic acids is 2. The highest BCUT2D eigenvalue weighted by molar-refractivity contribution is 6.46. The van der Waals surface area contributed by atoms with E-state index in [4.69, 9.17) is 9.47 Å². The summed E-state index contributed by atoms with van der Waals surface area (Å²) in [6.45, 7) is 3.86. The number of aliphatic hydroxyl groups is 1. The van der Waals surface area contributed by atoms with Crippen LogP contribution in [0.1, 0.15) is 17.2 Å². The Balaban J connectivity index is 1.76. The predicted octanol–water partition coefficient (Wildman–Crippen LogP) is 2.45. The third-order valence-electron chi connectivity index (χ3n) is 5.78. The van der Waals surface area contributed by atoms with Crippen molar-refractivity contribution in [3.05, 3.63) is 71.3 Å². The van der Waals surface area contributed by atoms with E-state index in [9.17, 15) is 14.7 Å². The number of para-hydroxylation sites is 1. The van der Waals surface area contributed by atoms with E-state index in [0.29, 0.717) is 43.2 Å². The van der Waals surface area contributed by atoms with Crippen LogP contribution in [-0.4, -0.2) is 73.1 Å². The standard InChI is InChI=1S/C24H26N2O5/c1-30-19-10-6-5-9-18(19)21-20(22(27)17-7-3-2-4-8-17)23(28)24(29)26(21)12-11-25-13-15-31-16-14-25/h2-10,21,27H,11-16H2,1H3/b22-20+/t21-/m0/s1. The van der Waals surface area contributed by atoms with Crippen LogP contribution < -0.4 is 4.74 Å². The molecule has 0 aromatic heterocycles. The molecule has 162 valence electrons. The third-order valence-corrected chi connectivity index (χ3v) is 5.78. The first-order chi connectivity index (χ1) is 15.1. The van der Waals surface area contributed by atoms with Gasteiger partial charge >= 0.3 is 0 Å². The van der Waals surface area contributed by atoms with Gasteiger partial charge in [-0.1, -0.05) is 48.5 Å². The molecule has 1 N–H and O–H groups in total. The first kappa shape index (κ1) is 21.1. The number of ketones is 1. The van der Waals surface area contributed by atoms with Crippen LogP contribution in [0.5, 0.6) is 5.75 Å². The van der Waals surface area contributed by atoms with Crippen molar-refractivity contribution in [2.24, 2.45) is 0 Å². The molecule has 1 amide bonds. The van der Waals surface area contributed by atoms with Crippen molar-refractivity contribution in [1.29, 1.82) is 0 Å². The van der Waals surface area contributed by atoms with Gasteiger partial charge in [0.25, 0.3) is 11.7 Å². The molecule has 2 fully saturated rings. The van der Waals surface area contributed by atoms with Gasteiger partial charge in [-0.2, -0.15) is 0 Å². The predicted molar refractivity (Wildman–Crippen MR) is 116 cm³/mol. The second kappa shape index (κ2) is 9.32. The molecule has 0 bridgehead atoms. The van der Waals surface area contributed by atoms with Crippen molar-refractivity contribution < 1.29 is 24.2 Å². The van der Waals surface area contributed by atoms with Gasteiger partial charge in [-0.3, -0.25) is 14.5 Å². The van der Waals surface area contributed by atoms with Crippen molar-refractivity contribution in [2.45, 2.75) is 6.04 Å². The number of hydrogen-bond donors (Lipinski definition) is 1. The lowest BCUT2D eigenvalue weighted by molar-refractivity contribution is -0.140. The number of nitrogens with zero attached hydrogens (tertiary/aromatic N) is 2. The Kier molecular flexibility index (Phi) is 6.34. The number of amides is 1. The van der Waals surface area contributed by atoms with E-state index in [-0.39, 0.29) is 11.3 Å². The Hall–Kier alpha value is -3.16. The molecule has 7 heteroatoms. The van der Waals surface area contributed by atoms with Crippen LogP contribution >= 0.6 is 0 Å². The first-order valence-electron chi connectivity index (χ1n) is 10.4. The van der Waals surface area contributed by atoms with Crippen LogP contribution in [0.4, 0.5) is 0 Å². The van der Waals surface area contributed by atoms with Gasteiger partial charge in [-0.15, -0.1) is 0 Å². The third kappa shape index (κ3) is 4.19. The zero-order chi connectivity index (χ0) is 21.8. The number of methoxy groups -OCH3 is 1. The Morgan fingerprint density at radius 2 is 1.71 bits per heavy atom. The fourth-order valence-corrected chi connectivity index (χ4v) is 4.15. The van der Waals surface area contributed by atoms with Crippen LogP contribution in [-0.2, 0) is 14.3 Å². The molecule has 2 aromatic carbocycles. The van der Waals surface area contributed by atoms with Gasteiger partial charge in [0.05, 0.1) is 31.9 Å². The molecule has 2 saturated heterocycles. The smallest absolute Gasteiger partial charge is 0.295 e. The minimum absolute atomic E-state index is 0.0858. The van der Waals surface area contributed by atoms with Gasteiger partial charge in [-0.05, 0) is 6.07 Å². The summed E-state index contributed by atoms with van der Waals surface area (Å²) in [5.74, 6) is -0.908. The number of aliphatic hydroxyl groups excluding tert-OH is 1. The maximum atomic E-state index is 13.1. The second-order valence-corrected chi connectivity index (χ2v) is 7.55. The quantitative estimate of drug-likeness (QED) is 0.438. The van der Waals surface area contributed by atoms with Crippen LogP contribution in [0.2, 0.25) is 0 Å². The molecule has 2 aliphatic rings. The van der Waals surface area contributed by atoms with E-state index >= 15 is 0 Å². The van der Waals surface area contributed by atoms with Crippen LogP contribution in [0, 0.1) is 0 Å². The number of rotatable bonds is 6. The maximum Gasteiger partial charge on any atom is 0.295 e. The van der Waals surface area contributed by atoms with Gasteiger partial charge < -0.3 is 19.5 Å². The van der Waals surface area contributed by atoms with Gasteiger partial charge in [-0.25, -0.2) is 0 Å². The highest BCUT2D eigenvalue weighted by Gasteiger charge is 2.46. The minimum Gasteiger partial charge on any atom is -0.507 e. The van der Waals surface area contributed by atoms with E-state index < -0.39 is 17.7 Å². The van der Waals surface area contributed by atoms with E-state index in [0.717, 1.165) is 13.1 Å². The highest BCUT2D eigenvalue weighted by atomic mass is 16.5. The molecule has 0 unspecified atom stereocenters. The summed E-state index contributed by atoms with van der Waals surface area (Å²) < 4.78 is 10.9. The Morgan fingerprint density at radius 1 is 1.03 bits per heavy atom. The summed E-state index contributed by atoms with van der Waals surface area (Å²) in [6.07, 6.45) is 0. The second-order valence-electron chi connectivity index (χ2n) is 7.55. The SMILES string of the molecule is COc1ccccc1[C@H]1/C(=C(\O)c2ccccc2)C(=O)C(=O)N1CCN1CCOCC1. The van der Waals surface area contributed by atoms with E-state index in [1.807, 2.05) is 24.3 Å². The van der Waals surface area contributed by atoms with Gasteiger partial charge in [0.15, 0.2) is 0 Å². The minimum atomic E-state index is -0.725. The molecule has 4 rings (SSSR count). The van der Waals surface area contributed by atoms with Crippen molar-refractivity contribution in [3.8, 4) is 5.75 Å². The molecule has 31 heavy (non-hydrogen) atoms. The molecule has 7 nitrogen and oxygen atoms in total. The summed E-state index contributed by atoms with van der Waals surface area (Å²) in [6, 6.07) is 15.4. The van der Waals surface area contributed by atoms with E-state index in [2.05, 4.69) is 4.90 Å². The molecular weight excluding hydrogens is 396 g/mol. The average Bonchev–Trinajstić information content (AvgIpc) is 3.08. The molecule has 2 aromatic rings. The Morgan fingerprint density at radius 3 is 2.42 bits per heavy atom.